The van der Waals surface area contributed by atoms with Gasteiger partial charge in [-0.05, 0) is 25.3 Å². The molecule has 2 N–H and O–H groups in total. The number of furan rings is 1. The lowest BCUT2D eigenvalue weighted by Gasteiger charge is -2.13. The van der Waals surface area contributed by atoms with Gasteiger partial charge in [-0.15, -0.1) is 0 Å². The fourth-order valence-corrected chi connectivity index (χ4v) is 2.77. The van der Waals surface area contributed by atoms with E-state index in [2.05, 4.69) is 5.32 Å². The van der Waals surface area contributed by atoms with Crippen molar-refractivity contribution >= 4 is 34.4 Å². The molecule has 0 saturated heterocycles. The van der Waals surface area contributed by atoms with Gasteiger partial charge in [-0.25, -0.2) is 4.79 Å². The highest BCUT2D eigenvalue weighted by molar-refractivity contribution is 6.35. The number of aliphatic carboxylic acids is 1. The van der Waals surface area contributed by atoms with Gasteiger partial charge in [-0.1, -0.05) is 36.6 Å². The van der Waals surface area contributed by atoms with E-state index < -0.39 is 17.9 Å². The monoisotopic (exact) mass is 321 g/mol. The number of aryl methyl sites for hydroxylation is 1. The largest absolute Gasteiger partial charge is 0.480 e. The predicted octanol–water partition coefficient (Wildman–Crippen LogP) is 3.38. The summed E-state index contributed by atoms with van der Waals surface area (Å²) in [5.74, 6) is -1.03. The van der Waals surface area contributed by atoms with E-state index >= 15 is 0 Å². The number of para-hydroxylation sites is 1. The molecule has 0 bridgehead atoms. The first-order chi connectivity index (χ1) is 10.5. The maximum Gasteiger partial charge on any atom is 0.326 e. The minimum absolute atomic E-state index is 0.116. The zero-order valence-corrected chi connectivity index (χ0v) is 12.8. The Morgan fingerprint density at radius 2 is 2.18 bits per heavy atom. The molecule has 1 fully saturated rings. The Hall–Kier alpha value is -2.01. The van der Waals surface area contributed by atoms with E-state index in [9.17, 15) is 14.7 Å². The minimum atomic E-state index is -1.02. The van der Waals surface area contributed by atoms with Gasteiger partial charge in [0.1, 0.15) is 6.04 Å². The van der Waals surface area contributed by atoms with E-state index in [-0.39, 0.29) is 5.76 Å². The van der Waals surface area contributed by atoms with Crippen LogP contribution in [0.15, 0.2) is 22.6 Å². The Balaban J connectivity index is 1.86. The molecular formula is C16H16ClNO4. The van der Waals surface area contributed by atoms with Crippen molar-refractivity contribution in [2.24, 2.45) is 5.92 Å². The van der Waals surface area contributed by atoms with Crippen molar-refractivity contribution in [1.82, 2.24) is 5.32 Å². The van der Waals surface area contributed by atoms with Gasteiger partial charge in [0, 0.05) is 10.9 Å². The summed E-state index contributed by atoms with van der Waals surface area (Å²) in [6.07, 6.45) is 2.51. The van der Waals surface area contributed by atoms with Gasteiger partial charge >= 0.3 is 5.97 Å². The molecule has 0 radical (unpaired) electrons. The molecule has 0 spiro atoms. The lowest BCUT2D eigenvalue weighted by Crippen LogP contribution is -2.41. The van der Waals surface area contributed by atoms with Crippen molar-refractivity contribution in [2.45, 2.75) is 32.2 Å². The second-order valence-corrected chi connectivity index (χ2v) is 6.12. The van der Waals surface area contributed by atoms with Crippen molar-refractivity contribution in [3.63, 3.8) is 0 Å². The molecule has 3 rings (SSSR count). The average Bonchev–Trinajstić information content (AvgIpc) is 3.22. The molecule has 1 atom stereocenters. The van der Waals surface area contributed by atoms with Gasteiger partial charge in [-0.3, -0.25) is 4.79 Å². The average molecular weight is 322 g/mol. The first kappa shape index (κ1) is 14.9. The number of nitrogens with one attached hydrogen (secondary N) is 1. The SMILES string of the molecule is Cc1c(C(=O)NC(CC2CC2)C(=O)O)oc2c(Cl)cccc12. The fourth-order valence-electron chi connectivity index (χ4n) is 2.56. The molecule has 1 aromatic heterocycles. The summed E-state index contributed by atoms with van der Waals surface area (Å²) >= 11 is 6.06. The molecule has 2 aromatic rings. The van der Waals surface area contributed by atoms with Crippen LogP contribution in [0.2, 0.25) is 5.02 Å². The van der Waals surface area contributed by atoms with Crippen molar-refractivity contribution in [2.75, 3.05) is 0 Å². The third kappa shape index (κ3) is 2.81. The van der Waals surface area contributed by atoms with Crippen LogP contribution in [-0.2, 0) is 4.79 Å². The Morgan fingerprint density at radius 3 is 2.77 bits per heavy atom. The van der Waals surface area contributed by atoms with Crippen molar-refractivity contribution < 1.29 is 19.1 Å². The Bertz CT molecular complexity index is 748. The second-order valence-electron chi connectivity index (χ2n) is 5.72. The van der Waals surface area contributed by atoms with Crippen LogP contribution in [-0.4, -0.2) is 23.0 Å². The van der Waals surface area contributed by atoms with Gasteiger partial charge in [-0.2, -0.15) is 0 Å². The highest BCUT2D eigenvalue weighted by atomic mass is 35.5. The zero-order chi connectivity index (χ0) is 15.9. The normalized spacial score (nSPS) is 15.7. The zero-order valence-electron chi connectivity index (χ0n) is 12.1. The fraction of sp³-hybridized carbons (Fsp3) is 0.375. The van der Waals surface area contributed by atoms with E-state index in [1.807, 2.05) is 6.07 Å². The van der Waals surface area contributed by atoms with Crippen LogP contribution in [0.5, 0.6) is 0 Å². The second kappa shape index (κ2) is 5.65. The maximum absolute atomic E-state index is 12.4. The van der Waals surface area contributed by atoms with E-state index in [1.165, 1.54) is 0 Å². The number of fused-ring (bicyclic) bond motifs is 1. The number of hydrogen-bond acceptors (Lipinski definition) is 3. The summed E-state index contributed by atoms with van der Waals surface area (Å²) in [5.41, 5.74) is 1.10. The summed E-state index contributed by atoms with van der Waals surface area (Å²) in [6, 6.07) is 4.39. The van der Waals surface area contributed by atoms with Crippen molar-refractivity contribution in [3.05, 3.63) is 34.5 Å². The van der Waals surface area contributed by atoms with E-state index in [4.69, 9.17) is 16.0 Å². The van der Waals surface area contributed by atoms with Crippen LogP contribution < -0.4 is 5.32 Å². The molecule has 6 heteroatoms. The Labute approximate surface area is 132 Å². The lowest BCUT2D eigenvalue weighted by molar-refractivity contribution is -0.139. The number of hydrogen-bond donors (Lipinski definition) is 2. The van der Waals surface area contributed by atoms with Gasteiger partial charge in [0.05, 0.1) is 5.02 Å². The highest BCUT2D eigenvalue weighted by Gasteiger charge is 2.31. The number of carboxylic acid groups (broad SMARTS) is 1. The first-order valence-electron chi connectivity index (χ1n) is 7.18. The van der Waals surface area contributed by atoms with Crippen LogP contribution in [0, 0.1) is 12.8 Å². The predicted molar refractivity (Wildman–Crippen MR) is 82.2 cm³/mol. The van der Waals surface area contributed by atoms with Crippen molar-refractivity contribution in [3.8, 4) is 0 Å². The number of amides is 1. The van der Waals surface area contributed by atoms with Gasteiger partial charge in [0.2, 0.25) is 0 Å². The lowest BCUT2D eigenvalue weighted by atomic mass is 10.1. The Kier molecular flexibility index (Phi) is 3.83. The number of halogens is 1. The smallest absolute Gasteiger partial charge is 0.326 e. The van der Waals surface area contributed by atoms with Crippen LogP contribution in [0.4, 0.5) is 0 Å². The topological polar surface area (TPSA) is 79.5 Å². The molecule has 1 saturated carbocycles. The summed E-state index contributed by atoms with van der Waals surface area (Å²) in [5, 5.41) is 13.0. The quantitative estimate of drug-likeness (QED) is 0.884. The molecule has 1 aromatic carbocycles. The number of carbonyl (C=O) groups is 2. The van der Waals surface area contributed by atoms with E-state index in [0.717, 1.165) is 18.2 Å². The summed E-state index contributed by atoms with van der Waals surface area (Å²) in [6.45, 7) is 1.76. The molecule has 1 amide bonds. The van der Waals surface area contributed by atoms with Crippen LogP contribution in [0.3, 0.4) is 0 Å². The molecule has 116 valence electrons. The highest BCUT2D eigenvalue weighted by Crippen LogP contribution is 2.34. The Morgan fingerprint density at radius 1 is 1.45 bits per heavy atom. The molecule has 0 aliphatic heterocycles. The summed E-state index contributed by atoms with van der Waals surface area (Å²) < 4.78 is 5.56. The van der Waals surface area contributed by atoms with Gasteiger partial charge < -0.3 is 14.8 Å². The van der Waals surface area contributed by atoms with Gasteiger partial charge in [0.25, 0.3) is 5.91 Å². The minimum Gasteiger partial charge on any atom is -0.480 e. The number of benzene rings is 1. The molecule has 1 heterocycles. The molecular weight excluding hydrogens is 306 g/mol. The standard InChI is InChI=1S/C16H16ClNO4/c1-8-10-3-2-4-11(17)14(10)22-13(8)15(19)18-12(16(20)21)7-9-5-6-9/h2-4,9,12H,5-7H2,1H3,(H,18,19)(H,20,21). The third-order valence-electron chi connectivity index (χ3n) is 3.99. The number of carbonyl (C=O) groups excluding carboxylic acids is 1. The molecule has 22 heavy (non-hydrogen) atoms. The summed E-state index contributed by atoms with van der Waals surface area (Å²) in [4.78, 5) is 23.6. The van der Waals surface area contributed by atoms with E-state index in [1.54, 1.807) is 19.1 Å². The summed E-state index contributed by atoms with van der Waals surface area (Å²) in [7, 11) is 0. The first-order valence-corrected chi connectivity index (χ1v) is 7.56. The molecule has 5 nitrogen and oxygen atoms in total. The third-order valence-corrected chi connectivity index (χ3v) is 4.29. The molecule has 1 aliphatic carbocycles. The maximum atomic E-state index is 12.4. The number of rotatable bonds is 5. The van der Waals surface area contributed by atoms with E-state index in [0.29, 0.717) is 28.5 Å². The van der Waals surface area contributed by atoms with Gasteiger partial charge in [0.15, 0.2) is 11.3 Å². The van der Waals surface area contributed by atoms with Crippen LogP contribution in [0.1, 0.15) is 35.4 Å². The van der Waals surface area contributed by atoms with Crippen LogP contribution in [0.25, 0.3) is 11.0 Å². The van der Waals surface area contributed by atoms with Crippen molar-refractivity contribution in [1.29, 1.82) is 0 Å². The van der Waals surface area contributed by atoms with Crippen LogP contribution >= 0.6 is 11.6 Å². The number of carboxylic acids is 1. The molecule has 1 aliphatic rings. The molecule has 1 unspecified atom stereocenters.